The summed E-state index contributed by atoms with van der Waals surface area (Å²) < 4.78 is 27.6. The van der Waals surface area contributed by atoms with Crippen LogP contribution >= 0.6 is 11.6 Å². The Morgan fingerprint density at radius 2 is 1.97 bits per heavy atom. The maximum atomic E-state index is 13.8. The van der Waals surface area contributed by atoms with Crippen molar-refractivity contribution in [1.82, 2.24) is 4.90 Å². The molecule has 2 aromatic carbocycles. The van der Waals surface area contributed by atoms with Crippen LogP contribution in [-0.2, 0) is 16.0 Å². The monoisotopic (exact) mass is 434 g/mol. The van der Waals surface area contributed by atoms with E-state index in [2.05, 4.69) is 10.6 Å². The van der Waals surface area contributed by atoms with Crippen molar-refractivity contribution in [3.8, 4) is 0 Å². The number of hydrogen-bond acceptors (Lipinski definition) is 4. The first-order chi connectivity index (χ1) is 14.3. The Bertz CT molecular complexity index is 993. The Kier molecular flexibility index (Phi) is 5.51. The smallest absolute Gasteiger partial charge is 0.242 e. The average molecular weight is 435 g/mol. The van der Waals surface area contributed by atoms with Gasteiger partial charge >= 0.3 is 0 Å². The molecule has 0 radical (unpaired) electrons. The fourth-order valence-corrected chi connectivity index (χ4v) is 4.01. The molecule has 0 spiro atoms. The molecule has 30 heavy (non-hydrogen) atoms. The van der Waals surface area contributed by atoms with Gasteiger partial charge in [0.25, 0.3) is 0 Å². The number of hydrogen-bond donors (Lipinski definition) is 2. The molecule has 2 N–H and O–H groups in total. The van der Waals surface area contributed by atoms with Crippen molar-refractivity contribution in [3.63, 3.8) is 0 Å². The van der Waals surface area contributed by atoms with Crippen LogP contribution in [0.5, 0.6) is 0 Å². The molecule has 2 heterocycles. The molecule has 2 aliphatic rings. The molecule has 4 rings (SSSR count). The van der Waals surface area contributed by atoms with Gasteiger partial charge in [-0.15, -0.1) is 0 Å². The maximum absolute atomic E-state index is 13.8. The lowest BCUT2D eigenvalue weighted by molar-refractivity contribution is -0.130. The number of carbonyl (C=O) groups is 2. The second-order valence-electron chi connectivity index (χ2n) is 7.56. The predicted octanol–water partition coefficient (Wildman–Crippen LogP) is 3.26. The lowest BCUT2D eigenvalue weighted by Gasteiger charge is -2.41. The Labute approximate surface area is 177 Å². The standard InChI is InChI=1S/C21H21ClF2N4O2/c1-12-11-27(4-5-28(12)15-8-16(23)21(22)17(24)9-15)20(30)10-25-14-2-3-18-13(6-14)7-19(29)26-18/h2-3,6,8-9,12,25H,4-5,7,10-11H2,1H3,(H,26,29)/t12-/m1/s1. The predicted molar refractivity (Wildman–Crippen MR) is 112 cm³/mol. The van der Waals surface area contributed by atoms with Crippen molar-refractivity contribution in [1.29, 1.82) is 0 Å². The van der Waals surface area contributed by atoms with Gasteiger partial charge < -0.3 is 20.4 Å². The largest absolute Gasteiger partial charge is 0.376 e. The highest BCUT2D eigenvalue weighted by molar-refractivity contribution is 6.31. The van der Waals surface area contributed by atoms with Crippen LogP contribution in [0.4, 0.5) is 25.8 Å². The molecule has 9 heteroatoms. The first-order valence-electron chi connectivity index (χ1n) is 9.67. The van der Waals surface area contributed by atoms with Gasteiger partial charge in [0.05, 0.1) is 13.0 Å². The van der Waals surface area contributed by atoms with Crippen LogP contribution in [0, 0.1) is 11.6 Å². The van der Waals surface area contributed by atoms with E-state index in [0.717, 1.165) is 16.9 Å². The molecule has 0 aliphatic carbocycles. The number of halogens is 3. The minimum atomic E-state index is -0.798. The minimum Gasteiger partial charge on any atom is -0.376 e. The Morgan fingerprint density at radius 3 is 2.67 bits per heavy atom. The summed E-state index contributed by atoms with van der Waals surface area (Å²) in [5, 5.41) is 5.36. The molecule has 1 fully saturated rings. The van der Waals surface area contributed by atoms with Crippen molar-refractivity contribution < 1.29 is 18.4 Å². The minimum absolute atomic E-state index is 0.0365. The summed E-state index contributed by atoms with van der Waals surface area (Å²) in [5.74, 6) is -1.70. The number of fused-ring (bicyclic) bond motifs is 1. The molecule has 6 nitrogen and oxygen atoms in total. The lowest BCUT2D eigenvalue weighted by Crippen LogP contribution is -2.54. The van der Waals surface area contributed by atoms with Crippen LogP contribution in [0.2, 0.25) is 5.02 Å². The highest BCUT2D eigenvalue weighted by Gasteiger charge is 2.28. The summed E-state index contributed by atoms with van der Waals surface area (Å²) in [7, 11) is 0. The van der Waals surface area contributed by atoms with E-state index in [1.807, 2.05) is 30.0 Å². The van der Waals surface area contributed by atoms with Gasteiger partial charge in [0, 0.05) is 42.7 Å². The van der Waals surface area contributed by atoms with E-state index in [0.29, 0.717) is 31.7 Å². The molecule has 0 bridgehead atoms. The van der Waals surface area contributed by atoms with E-state index in [9.17, 15) is 18.4 Å². The molecule has 2 amide bonds. The van der Waals surface area contributed by atoms with Gasteiger partial charge in [-0.1, -0.05) is 11.6 Å². The second kappa shape index (κ2) is 8.10. The average Bonchev–Trinajstić information content (AvgIpc) is 3.09. The summed E-state index contributed by atoms with van der Waals surface area (Å²) in [6.07, 6.45) is 0.337. The molecule has 0 saturated carbocycles. The molecule has 2 aromatic rings. The summed E-state index contributed by atoms with van der Waals surface area (Å²) >= 11 is 5.56. The zero-order chi connectivity index (χ0) is 21.4. The fraction of sp³-hybridized carbons (Fsp3) is 0.333. The van der Waals surface area contributed by atoms with Crippen molar-refractivity contribution >= 4 is 40.5 Å². The first-order valence-corrected chi connectivity index (χ1v) is 10.0. The zero-order valence-corrected chi connectivity index (χ0v) is 17.1. The molecule has 0 aromatic heterocycles. The Hall–Kier alpha value is -2.87. The topological polar surface area (TPSA) is 64.7 Å². The van der Waals surface area contributed by atoms with Gasteiger partial charge in [0.1, 0.15) is 16.7 Å². The highest BCUT2D eigenvalue weighted by atomic mass is 35.5. The van der Waals surface area contributed by atoms with Crippen LogP contribution in [0.25, 0.3) is 0 Å². The van der Waals surface area contributed by atoms with Crippen LogP contribution in [0.15, 0.2) is 30.3 Å². The van der Waals surface area contributed by atoms with E-state index in [-0.39, 0.29) is 24.4 Å². The highest BCUT2D eigenvalue weighted by Crippen LogP contribution is 2.28. The second-order valence-corrected chi connectivity index (χ2v) is 7.93. The number of rotatable bonds is 4. The molecule has 1 atom stereocenters. The van der Waals surface area contributed by atoms with E-state index >= 15 is 0 Å². The van der Waals surface area contributed by atoms with Gasteiger partial charge in [-0.05, 0) is 42.8 Å². The van der Waals surface area contributed by atoms with Crippen molar-refractivity contribution in [3.05, 3.63) is 52.6 Å². The third-order valence-electron chi connectivity index (χ3n) is 5.45. The summed E-state index contributed by atoms with van der Waals surface area (Å²) in [6.45, 7) is 3.37. The number of nitrogens with zero attached hydrogens (tertiary/aromatic N) is 2. The third kappa shape index (κ3) is 4.05. The SMILES string of the molecule is C[C@@H]1CN(C(=O)CNc2ccc3c(c2)CC(=O)N3)CCN1c1cc(F)c(Cl)c(F)c1. The molecule has 0 unspecified atom stereocenters. The normalized spacial score (nSPS) is 18.3. The summed E-state index contributed by atoms with van der Waals surface area (Å²) in [4.78, 5) is 27.7. The van der Waals surface area contributed by atoms with E-state index in [4.69, 9.17) is 11.6 Å². The maximum Gasteiger partial charge on any atom is 0.242 e. The molecule has 158 valence electrons. The van der Waals surface area contributed by atoms with Crippen LogP contribution in [0.3, 0.4) is 0 Å². The number of benzene rings is 2. The number of nitrogens with one attached hydrogen (secondary N) is 2. The van der Waals surface area contributed by atoms with Crippen LogP contribution in [-0.4, -0.2) is 48.9 Å². The Morgan fingerprint density at radius 1 is 1.23 bits per heavy atom. The lowest BCUT2D eigenvalue weighted by atomic mass is 10.1. The van der Waals surface area contributed by atoms with Crippen LogP contribution in [0.1, 0.15) is 12.5 Å². The molecular formula is C21H21ClF2N4O2. The Balaban J connectivity index is 1.35. The van der Waals surface area contributed by atoms with Crippen molar-refractivity contribution in [2.45, 2.75) is 19.4 Å². The number of amides is 2. The summed E-state index contributed by atoms with van der Waals surface area (Å²) in [6, 6.07) is 7.83. The van der Waals surface area contributed by atoms with E-state index < -0.39 is 16.7 Å². The van der Waals surface area contributed by atoms with E-state index in [1.165, 1.54) is 12.1 Å². The number of piperazine rings is 1. The first kappa shape index (κ1) is 20.4. The number of anilines is 3. The van der Waals surface area contributed by atoms with Crippen molar-refractivity contribution in [2.24, 2.45) is 0 Å². The molecular weight excluding hydrogens is 414 g/mol. The number of carbonyl (C=O) groups excluding carboxylic acids is 2. The van der Waals surface area contributed by atoms with Gasteiger partial charge in [-0.3, -0.25) is 9.59 Å². The van der Waals surface area contributed by atoms with Gasteiger partial charge in [0.2, 0.25) is 11.8 Å². The van der Waals surface area contributed by atoms with Crippen LogP contribution < -0.4 is 15.5 Å². The van der Waals surface area contributed by atoms with Crippen molar-refractivity contribution in [2.75, 3.05) is 41.7 Å². The summed E-state index contributed by atoms with van der Waals surface area (Å²) in [5.41, 5.74) is 2.89. The van der Waals surface area contributed by atoms with Gasteiger partial charge in [-0.2, -0.15) is 0 Å². The quantitative estimate of drug-likeness (QED) is 0.725. The molecule has 2 aliphatic heterocycles. The fourth-order valence-electron chi connectivity index (χ4n) is 3.90. The van der Waals surface area contributed by atoms with E-state index in [1.54, 1.807) is 4.90 Å². The molecule has 1 saturated heterocycles. The zero-order valence-electron chi connectivity index (χ0n) is 16.3. The third-order valence-corrected chi connectivity index (χ3v) is 5.82. The van der Waals surface area contributed by atoms with Gasteiger partial charge in [-0.25, -0.2) is 8.78 Å². The van der Waals surface area contributed by atoms with Gasteiger partial charge in [0.15, 0.2) is 0 Å².